The number of hydrogen-bond donors (Lipinski definition) is 0. The number of rotatable bonds is 8. The Bertz CT molecular complexity index is 630. The maximum absolute atomic E-state index is 5.80. The number of hydrogen-bond acceptors (Lipinski definition) is 2. The highest BCUT2D eigenvalue weighted by molar-refractivity contribution is 5.30. The van der Waals surface area contributed by atoms with Gasteiger partial charge in [0.15, 0.2) is 0 Å². The van der Waals surface area contributed by atoms with Crippen molar-refractivity contribution >= 4 is 0 Å². The van der Waals surface area contributed by atoms with Crippen LogP contribution in [0, 0.1) is 12.8 Å². The molecule has 1 aliphatic rings. The van der Waals surface area contributed by atoms with E-state index >= 15 is 0 Å². The highest BCUT2D eigenvalue weighted by Crippen LogP contribution is 2.40. The molecule has 0 N–H and O–H groups in total. The van der Waals surface area contributed by atoms with E-state index in [9.17, 15) is 0 Å². The molecule has 1 aliphatic carbocycles. The van der Waals surface area contributed by atoms with Gasteiger partial charge in [0.25, 0.3) is 0 Å². The van der Waals surface area contributed by atoms with E-state index in [1.807, 2.05) is 12.1 Å². The fraction of sp³-hybridized carbons (Fsp3) is 0.478. The molecule has 0 amide bonds. The van der Waals surface area contributed by atoms with Crippen LogP contribution in [0.3, 0.4) is 0 Å². The Labute approximate surface area is 152 Å². The standard InChI is InChI=1S/C23H30O2/c1-3-4-19-7-8-21(17-19)20-9-13-23(14-10-20)25-16-15-24-22-11-5-18(2)6-12-22/h5-6,9-14,19,21H,3-4,7-8,15-17H2,1-2H3. The van der Waals surface area contributed by atoms with Crippen LogP contribution in [-0.4, -0.2) is 13.2 Å². The first-order chi connectivity index (χ1) is 12.2. The van der Waals surface area contributed by atoms with Crippen LogP contribution < -0.4 is 9.47 Å². The summed E-state index contributed by atoms with van der Waals surface area (Å²) in [5.74, 6) is 3.51. The molecule has 0 aliphatic heterocycles. The van der Waals surface area contributed by atoms with Crippen molar-refractivity contribution in [3.8, 4) is 11.5 Å². The first-order valence-electron chi connectivity index (χ1n) is 9.67. The van der Waals surface area contributed by atoms with E-state index in [-0.39, 0.29) is 0 Å². The SMILES string of the molecule is CCCC1CCC(c2ccc(OCCOc3ccc(C)cc3)cc2)C1. The molecule has 2 nitrogen and oxygen atoms in total. The fourth-order valence-electron chi connectivity index (χ4n) is 3.84. The fourth-order valence-corrected chi connectivity index (χ4v) is 3.84. The Hall–Kier alpha value is -1.96. The van der Waals surface area contributed by atoms with Gasteiger partial charge in [-0.15, -0.1) is 0 Å². The predicted molar refractivity (Wildman–Crippen MR) is 104 cm³/mol. The third-order valence-corrected chi connectivity index (χ3v) is 5.23. The second-order valence-corrected chi connectivity index (χ2v) is 7.24. The zero-order valence-corrected chi connectivity index (χ0v) is 15.5. The van der Waals surface area contributed by atoms with Gasteiger partial charge < -0.3 is 9.47 Å². The van der Waals surface area contributed by atoms with Gasteiger partial charge in [-0.25, -0.2) is 0 Å². The average molecular weight is 338 g/mol. The molecule has 2 unspecified atom stereocenters. The van der Waals surface area contributed by atoms with Crippen molar-refractivity contribution in [3.63, 3.8) is 0 Å². The Morgan fingerprint density at radius 2 is 1.44 bits per heavy atom. The number of aryl methyl sites for hydroxylation is 1. The molecule has 25 heavy (non-hydrogen) atoms. The first kappa shape index (κ1) is 17.8. The van der Waals surface area contributed by atoms with E-state index in [4.69, 9.17) is 9.47 Å². The lowest BCUT2D eigenvalue weighted by molar-refractivity contribution is 0.217. The normalized spacial score (nSPS) is 19.8. The minimum atomic E-state index is 0.562. The van der Waals surface area contributed by atoms with Crippen molar-refractivity contribution in [1.82, 2.24) is 0 Å². The van der Waals surface area contributed by atoms with Crippen molar-refractivity contribution < 1.29 is 9.47 Å². The highest BCUT2D eigenvalue weighted by Gasteiger charge is 2.24. The van der Waals surface area contributed by atoms with Crippen molar-refractivity contribution in [2.24, 2.45) is 5.92 Å². The molecule has 134 valence electrons. The Balaban J connectivity index is 1.41. The van der Waals surface area contributed by atoms with Crippen LogP contribution in [0.1, 0.15) is 56.1 Å². The summed E-state index contributed by atoms with van der Waals surface area (Å²) in [6.07, 6.45) is 6.80. The Morgan fingerprint density at radius 1 is 0.840 bits per heavy atom. The van der Waals surface area contributed by atoms with Crippen LogP contribution in [0.5, 0.6) is 11.5 Å². The maximum Gasteiger partial charge on any atom is 0.122 e. The molecule has 3 rings (SSSR count). The lowest BCUT2D eigenvalue weighted by Gasteiger charge is -2.13. The molecule has 2 atom stereocenters. The summed E-state index contributed by atoms with van der Waals surface area (Å²) in [4.78, 5) is 0. The summed E-state index contributed by atoms with van der Waals surface area (Å²) in [5, 5.41) is 0. The van der Waals surface area contributed by atoms with Crippen molar-refractivity contribution in [2.75, 3.05) is 13.2 Å². The quantitative estimate of drug-likeness (QED) is 0.538. The summed E-state index contributed by atoms with van der Waals surface area (Å²) < 4.78 is 11.5. The topological polar surface area (TPSA) is 18.5 Å². The van der Waals surface area contributed by atoms with Gasteiger partial charge in [0, 0.05) is 0 Å². The van der Waals surface area contributed by atoms with Crippen LogP contribution in [0.15, 0.2) is 48.5 Å². The van der Waals surface area contributed by atoms with Crippen LogP contribution in [0.4, 0.5) is 0 Å². The lowest BCUT2D eigenvalue weighted by atomic mass is 9.95. The summed E-state index contributed by atoms with van der Waals surface area (Å²) >= 11 is 0. The summed E-state index contributed by atoms with van der Waals surface area (Å²) in [5.41, 5.74) is 2.72. The maximum atomic E-state index is 5.80. The van der Waals surface area contributed by atoms with Crippen molar-refractivity contribution in [2.45, 2.75) is 51.9 Å². The van der Waals surface area contributed by atoms with Crippen molar-refractivity contribution in [3.05, 3.63) is 59.7 Å². The van der Waals surface area contributed by atoms with Crippen LogP contribution in [0.25, 0.3) is 0 Å². The van der Waals surface area contributed by atoms with Crippen molar-refractivity contribution in [1.29, 1.82) is 0 Å². The molecule has 2 heteroatoms. The van der Waals surface area contributed by atoms with Crippen LogP contribution >= 0.6 is 0 Å². The van der Waals surface area contributed by atoms with Gasteiger partial charge in [0.2, 0.25) is 0 Å². The highest BCUT2D eigenvalue weighted by atomic mass is 16.5. The molecular formula is C23H30O2. The molecule has 1 saturated carbocycles. The first-order valence-corrected chi connectivity index (χ1v) is 9.67. The smallest absolute Gasteiger partial charge is 0.122 e. The zero-order chi connectivity index (χ0) is 17.5. The molecule has 2 aromatic carbocycles. The zero-order valence-electron chi connectivity index (χ0n) is 15.5. The Kier molecular flexibility index (Phi) is 6.38. The molecule has 1 fully saturated rings. The van der Waals surface area contributed by atoms with E-state index in [1.54, 1.807) is 0 Å². The van der Waals surface area contributed by atoms with E-state index in [0.717, 1.165) is 23.3 Å². The van der Waals surface area contributed by atoms with Gasteiger partial charge in [-0.05, 0) is 67.9 Å². The van der Waals surface area contributed by atoms with Gasteiger partial charge >= 0.3 is 0 Å². The third-order valence-electron chi connectivity index (χ3n) is 5.23. The molecule has 0 bridgehead atoms. The average Bonchev–Trinajstić information content (AvgIpc) is 3.10. The van der Waals surface area contributed by atoms with Gasteiger partial charge in [0.1, 0.15) is 24.7 Å². The number of benzene rings is 2. The van der Waals surface area contributed by atoms with E-state index in [1.165, 1.54) is 43.2 Å². The summed E-state index contributed by atoms with van der Waals surface area (Å²) in [7, 11) is 0. The second-order valence-electron chi connectivity index (χ2n) is 7.24. The van der Waals surface area contributed by atoms with Gasteiger partial charge in [-0.2, -0.15) is 0 Å². The third kappa shape index (κ3) is 5.26. The summed E-state index contributed by atoms with van der Waals surface area (Å²) in [6, 6.07) is 16.8. The van der Waals surface area contributed by atoms with Crippen LogP contribution in [0.2, 0.25) is 0 Å². The predicted octanol–water partition coefficient (Wildman–Crippen LogP) is 6.14. The van der Waals surface area contributed by atoms with Gasteiger partial charge in [-0.3, -0.25) is 0 Å². The minimum Gasteiger partial charge on any atom is -0.490 e. The van der Waals surface area contributed by atoms with Gasteiger partial charge in [0.05, 0.1) is 0 Å². The lowest BCUT2D eigenvalue weighted by Crippen LogP contribution is -2.09. The van der Waals surface area contributed by atoms with E-state index in [0.29, 0.717) is 13.2 Å². The Morgan fingerprint density at radius 3 is 2.04 bits per heavy atom. The molecule has 0 radical (unpaired) electrons. The molecule has 0 saturated heterocycles. The second kappa shape index (κ2) is 8.94. The molecule has 0 spiro atoms. The monoisotopic (exact) mass is 338 g/mol. The molecule has 2 aromatic rings. The molecular weight excluding hydrogens is 308 g/mol. The molecule has 0 aromatic heterocycles. The molecule has 0 heterocycles. The minimum absolute atomic E-state index is 0.562. The number of ether oxygens (including phenoxy) is 2. The van der Waals surface area contributed by atoms with E-state index in [2.05, 4.69) is 50.2 Å². The largest absolute Gasteiger partial charge is 0.490 e. The summed E-state index contributed by atoms with van der Waals surface area (Å²) in [6.45, 7) is 5.50. The van der Waals surface area contributed by atoms with E-state index < -0.39 is 0 Å². The van der Waals surface area contributed by atoms with Gasteiger partial charge in [-0.1, -0.05) is 49.6 Å². The van der Waals surface area contributed by atoms with Crippen LogP contribution in [-0.2, 0) is 0 Å².